The highest BCUT2D eigenvalue weighted by molar-refractivity contribution is 5.78. The first-order valence-electron chi connectivity index (χ1n) is 9.17. The van der Waals surface area contributed by atoms with E-state index in [1.807, 2.05) is 63.2 Å². The van der Waals surface area contributed by atoms with Crippen LogP contribution in [0.15, 0.2) is 42.5 Å². The zero-order valence-electron chi connectivity index (χ0n) is 16.0. The summed E-state index contributed by atoms with van der Waals surface area (Å²) >= 11 is 0. The summed E-state index contributed by atoms with van der Waals surface area (Å²) in [5.41, 5.74) is 3.09. The van der Waals surface area contributed by atoms with Gasteiger partial charge in [-0.3, -0.25) is 4.79 Å². The normalized spacial score (nSPS) is 17.8. The molecule has 4 heteroatoms. The molecule has 0 aromatic heterocycles. The third-order valence-electron chi connectivity index (χ3n) is 4.66. The number of hydrogen-bond acceptors (Lipinski definition) is 3. The summed E-state index contributed by atoms with van der Waals surface area (Å²) in [6.07, 6.45) is 1.71. The van der Waals surface area contributed by atoms with Crippen molar-refractivity contribution in [1.82, 2.24) is 5.32 Å². The number of benzene rings is 2. The van der Waals surface area contributed by atoms with Crippen LogP contribution in [0.3, 0.4) is 0 Å². The molecule has 1 atom stereocenters. The minimum atomic E-state index is -0.324. The summed E-state index contributed by atoms with van der Waals surface area (Å²) in [6, 6.07) is 13.9. The van der Waals surface area contributed by atoms with Gasteiger partial charge in [0.15, 0.2) is 6.61 Å². The van der Waals surface area contributed by atoms with Crippen LogP contribution in [0.25, 0.3) is 0 Å². The molecule has 1 heterocycles. The number of ether oxygens (including phenoxy) is 2. The van der Waals surface area contributed by atoms with E-state index in [1.165, 1.54) is 5.56 Å². The largest absolute Gasteiger partial charge is 0.487 e. The molecule has 0 radical (unpaired) electrons. The average molecular weight is 353 g/mol. The Labute approximate surface area is 155 Å². The number of hydrogen-bond donors (Lipinski definition) is 1. The number of carbonyl (C=O) groups excluding carboxylic acids is 1. The zero-order valence-corrected chi connectivity index (χ0v) is 16.0. The van der Waals surface area contributed by atoms with Gasteiger partial charge in [0, 0.05) is 12.0 Å². The van der Waals surface area contributed by atoms with E-state index in [1.54, 1.807) is 0 Å². The SMILES string of the molecule is CCc1ccc(OCC(=O)N[C@@H]2CC(C)(C)Oc3cc(C)ccc32)cc1. The van der Waals surface area contributed by atoms with Gasteiger partial charge in [-0.25, -0.2) is 0 Å². The van der Waals surface area contributed by atoms with E-state index in [4.69, 9.17) is 9.47 Å². The van der Waals surface area contributed by atoms with Crippen LogP contribution in [0, 0.1) is 6.92 Å². The molecule has 2 aromatic carbocycles. The van der Waals surface area contributed by atoms with Crippen LogP contribution in [0.4, 0.5) is 0 Å². The second-order valence-electron chi connectivity index (χ2n) is 7.51. The minimum Gasteiger partial charge on any atom is -0.487 e. The van der Waals surface area contributed by atoms with Crippen LogP contribution in [-0.4, -0.2) is 18.1 Å². The Morgan fingerprint density at radius 3 is 2.65 bits per heavy atom. The highest BCUT2D eigenvalue weighted by Gasteiger charge is 2.34. The molecule has 1 aliphatic rings. The monoisotopic (exact) mass is 353 g/mol. The van der Waals surface area contributed by atoms with Crippen LogP contribution in [-0.2, 0) is 11.2 Å². The first kappa shape index (κ1) is 18.3. The quantitative estimate of drug-likeness (QED) is 0.869. The fourth-order valence-corrected chi connectivity index (χ4v) is 3.29. The molecular formula is C22H27NO3. The Balaban J connectivity index is 1.65. The molecule has 0 saturated heterocycles. The molecule has 1 amide bonds. The third-order valence-corrected chi connectivity index (χ3v) is 4.66. The van der Waals surface area contributed by atoms with Crippen molar-refractivity contribution in [2.75, 3.05) is 6.61 Å². The van der Waals surface area contributed by atoms with Gasteiger partial charge in [0.2, 0.25) is 0 Å². The topological polar surface area (TPSA) is 47.6 Å². The lowest BCUT2D eigenvalue weighted by molar-refractivity contribution is -0.124. The van der Waals surface area contributed by atoms with Gasteiger partial charge < -0.3 is 14.8 Å². The van der Waals surface area contributed by atoms with Gasteiger partial charge in [0.05, 0.1) is 6.04 Å². The highest BCUT2D eigenvalue weighted by Crippen LogP contribution is 2.39. The minimum absolute atomic E-state index is 0.00442. The molecule has 26 heavy (non-hydrogen) atoms. The molecule has 0 aliphatic carbocycles. The van der Waals surface area contributed by atoms with Gasteiger partial charge in [0.1, 0.15) is 17.1 Å². The third kappa shape index (κ3) is 4.37. The van der Waals surface area contributed by atoms with Crippen molar-refractivity contribution < 1.29 is 14.3 Å². The Hall–Kier alpha value is -2.49. The molecule has 0 saturated carbocycles. The molecule has 2 aromatic rings. The van der Waals surface area contributed by atoms with Crippen molar-refractivity contribution in [3.63, 3.8) is 0 Å². The predicted octanol–water partition coefficient (Wildman–Crippen LogP) is 4.35. The van der Waals surface area contributed by atoms with E-state index in [0.29, 0.717) is 5.75 Å². The van der Waals surface area contributed by atoms with Crippen molar-refractivity contribution in [3.05, 3.63) is 59.2 Å². The number of aryl methyl sites for hydroxylation is 2. The van der Waals surface area contributed by atoms with Crippen LogP contribution in [0.2, 0.25) is 0 Å². The lowest BCUT2D eigenvalue weighted by Gasteiger charge is -2.38. The summed E-state index contributed by atoms with van der Waals surface area (Å²) in [4.78, 5) is 12.4. The van der Waals surface area contributed by atoms with Gasteiger partial charge in [-0.15, -0.1) is 0 Å². The molecule has 0 spiro atoms. The van der Waals surface area contributed by atoms with Crippen LogP contribution in [0.1, 0.15) is 49.9 Å². The maximum atomic E-state index is 12.4. The molecule has 1 N–H and O–H groups in total. The van der Waals surface area contributed by atoms with Crippen molar-refractivity contribution in [1.29, 1.82) is 0 Å². The average Bonchev–Trinajstić information content (AvgIpc) is 2.59. The molecule has 0 bridgehead atoms. The van der Waals surface area contributed by atoms with Crippen molar-refractivity contribution in [2.45, 2.75) is 52.2 Å². The smallest absolute Gasteiger partial charge is 0.258 e. The molecule has 1 aliphatic heterocycles. The number of fused-ring (bicyclic) bond motifs is 1. The molecular weight excluding hydrogens is 326 g/mol. The lowest BCUT2D eigenvalue weighted by Crippen LogP contribution is -2.42. The second kappa shape index (κ2) is 7.40. The predicted molar refractivity (Wildman–Crippen MR) is 103 cm³/mol. The summed E-state index contributed by atoms with van der Waals surface area (Å²) in [5, 5.41) is 3.10. The summed E-state index contributed by atoms with van der Waals surface area (Å²) < 4.78 is 11.7. The zero-order chi connectivity index (χ0) is 18.7. The second-order valence-corrected chi connectivity index (χ2v) is 7.51. The first-order chi connectivity index (χ1) is 12.4. The van der Waals surface area contributed by atoms with Gasteiger partial charge in [0.25, 0.3) is 5.91 Å². The number of nitrogens with one attached hydrogen (secondary N) is 1. The van der Waals surface area contributed by atoms with E-state index in [9.17, 15) is 4.79 Å². The highest BCUT2D eigenvalue weighted by atomic mass is 16.5. The van der Waals surface area contributed by atoms with Gasteiger partial charge in [-0.2, -0.15) is 0 Å². The lowest BCUT2D eigenvalue weighted by atomic mass is 9.89. The Bertz CT molecular complexity index is 780. The number of carbonyl (C=O) groups is 1. The Morgan fingerprint density at radius 2 is 1.96 bits per heavy atom. The molecule has 4 nitrogen and oxygen atoms in total. The van der Waals surface area contributed by atoms with Crippen LogP contribution < -0.4 is 14.8 Å². The van der Waals surface area contributed by atoms with Gasteiger partial charge in [-0.1, -0.05) is 31.2 Å². The number of rotatable bonds is 5. The van der Waals surface area contributed by atoms with E-state index < -0.39 is 0 Å². The van der Waals surface area contributed by atoms with E-state index in [-0.39, 0.29) is 24.2 Å². The summed E-state index contributed by atoms with van der Waals surface area (Å²) in [5.74, 6) is 1.43. The maximum absolute atomic E-state index is 12.4. The van der Waals surface area contributed by atoms with E-state index >= 15 is 0 Å². The Morgan fingerprint density at radius 1 is 1.23 bits per heavy atom. The van der Waals surface area contributed by atoms with Crippen LogP contribution >= 0.6 is 0 Å². The van der Waals surface area contributed by atoms with Crippen molar-refractivity contribution in [2.24, 2.45) is 0 Å². The van der Waals surface area contributed by atoms with Crippen LogP contribution in [0.5, 0.6) is 11.5 Å². The standard InChI is InChI=1S/C22H27NO3/c1-5-16-7-9-17(10-8-16)25-14-21(24)23-19-13-22(3,4)26-20-12-15(2)6-11-18(19)20/h6-12,19H,5,13-14H2,1-4H3,(H,23,24)/t19-/m1/s1. The van der Waals surface area contributed by atoms with Gasteiger partial charge in [-0.05, 0) is 56.5 Å². The van der Waals surface area contributed by atoms with E-state index in [0.717, 1.165) is 29.7 Å². The first-order valence-corrected chi connectivity index (χ1v) is 9.17. The Kier molecular flexibility index (Phi) is 5.21. The van der Waals surface area contributed by atoms with Gasteiger partial charge >= 0.3 is 0 Å². The fraction of sp³-hybridized carbons (Fsp3) is 0.409. The summed E-state index contributed by atoms with van der Waals surface area (Å²) in [7, 11) is 0. The van der Waals surface area contributed by atoms with E-state index in [2.05, 4.69) is 12.2 Å². The molecule has 0 fully saturated rings. The summed E-state index contributed by atoms with van der Waals surface area (Å²) in [6.45, 7) is 8.24. The molecule has 138 valence electrons. The molecule has 3 rings (SSSR count). The van der Waals surface area contributed by atoms with Crippen molar-refractivity contribution in [3.8, 4) is 11.5 Å². The van der Waals surface area contributed by atoms with Crippen molar-refractivity contribution >= 4 is 5.91 Å². The molecule has 0 unspecified atom stereocenters. The fourth-order valence-electron chi connectivity index (χ4n) is 3.29. The number of amides is 1. The maximum Gasteiger partial charge on any atom is 0.258 e.